The first-order valence-corrected chi connectivity index (χ1v) is 14.9. The lowest BCUT2D eigenvalue weighted by Crippen LogP contribution is -2.45. The summed E-state index contributed by atoms with van der Waals surface area (Å²) in [5, 5.41) is 11.4. The number of ether oxygens (including phenoxy) is 1. The molecule has 43 heavy (non-hydrogen) atoms. The number of nitrogens with zero attached hydrogens (tertiary/aromatic N) is 3. The molecule has 11 nitrogen and oxygen atoms in total. The number of rotatable bonds is 11. The van der Waals surface area contributed by atoms with Gasteiger partial charge < -0.3 is 14.1 Å². The van der Waals surface area contributed by atoms with Crippen molar-refractivity contribution in [3.63, 3.8) is 0 Å². The van der Waals surface area contributed by atoms with E-state index in [2.05, 4.69) is 0 Å². The van der Waals surface area contributed by atoms with E-state index in [1.165, 1.54) is 35.4 Å². The fraction of sp³-hybridized carbons (Fsp3) is 0.267. The van der Waals surface area contributed by atoms with E-state index in [9.17, 15) is 32.5 Å². The molecule has 1 saturated heterocycles. The number of benzene rings is 3. The highest BCUT2D eigenvalue weighted by Gasteiger charge is 2.33. The second kappa shape index (κ2) is 12.8. The summed E-state index contributed by atoms with van der Waals surface area (Å²) in [4.78, 5) is 38.7. The minimum absolute atomic E-state index is 0.0449. The van der Waals surface area contributed by atoms with Crippen LogP contribution in [0.4, 0.5) is 10.1 Å². The topological polar surface area (TPSA) is 140 Å². The fourth-order valence-corrected chi connectivity index (χ4v) is 6.30. The molecule has 3 aromatic carbocycles. The van der Waals surface area contributed by atoms with Gasteiger partial charge >= 0.3 is 0 Å². The lowest BCUT2D eigenvalue weighted by atomic mass is 10.1. The van der Waals surface area contributed by atoms with E-state index < -0.39 is 39.3 Å². The highest BCUT2D eigenvalue weighted by molar-refractivity contribution is 7.89. The maximum Gasteiger partial charge on any atom is 0.269 e. The minimum atomic E-state index is -4.29. The minimum Gasteiger partial charge on any atom is -0.464 e. The van der Waals surface area contributed by atoms with Crippen molar-refractivity contribution in [3.05, 3.63) is 116 Å². The van der Waals surface area contributed by atoms with E-state index in [0.717, 1.165) is 35.0 Å². The Bertz CT molecular complexity index is 1790. The lowest BCUT2D eigenvalue weighted by molar-refractivity contribution is -0.384. The summed E-state index contributed by atoms with van der Waals surface area (Å²) in [5.74, 6) is -1.09. The molecule has 0 spiro atoms. The van der Waals surface area contributed by atoms with Gasteiger partial charge in [0.05, 0.1) is 46.2 Å². The Morgan fingerprint density at radius 3 is 2.42 bits per heavy atom. The summed E-state index contributed by atoms with van der Waals surface area (Å²) < 4.78 is 53.3. The lowest BCUT2D eigenvalue weighted by Gasteiger charge is -2.28. The Morgan fingerprint density at radius 2 is 1.74 bits per heavy atom. The first-order valence-electron chi connectivity index (χ1n) is 13.5. The van der Waals surface area contributed by atoms with Gasteiger partial charge in [-0.05, 0) is 54.8 Å². The SMILES string of the molecule is O=C(CN(CC1CCCO1)S(=O)(=O)c1ccc([N+](=O)[O-])cc1)N(Cc1ccc(F)cc1)Cc1coc2ccccc2c1=O. The summed E-state index contributed by atoms with van der Waals surface area (Å²) in [7, 11) is -4.29. The molecule has 1 unspecified atom stereocenters. The molecule has 0 saturated carbocycles. The number of hydrogen-bond acceptors (Lipinski definition) is 8. The average molecular weight is 610 g/mol. The molecule has 0 radical (unpaired) electrons. The van der Waals surface area contributed by atoms with Gasteiger partial charge in [0.1, 0.15) is 11.4 Å². The first-order chi connectivity index (χ1) is 20.6. The maximum absolute atomic E-state index is 13.9. The van der Waals surface area contributed by atoms with E-state index in [4.69, 9.17) is 9.15 Å². The van der Waals surface area contributed by atoms with Gasteiger partial charge in [-0.3, -0.25) is 19.7 Å². The second-order valence-corrected chi connectivity index (χ2v) is 12.1. The molecule has 0 bridgehead atoms. The Labute approximate surface area is 246 Å². The van der Waals surface area contributed by atoms with Crippen LogP contribution in [0.2, 0.25) is 0 Å². The van der Waals surface area contributed by atoms with Crippen LogP contribution >= 0.6 is 0 Å². The monoisotopic (exact) mass is 609 g/mol. The second-order valence-electron chi connectivity index (χ2n) is 10.1. The fourth-order valence-electron chi connectivity index (χ4n) is 4.88. The van der Waals surface area contributed by atoms with Gasteiger partial charge in [0.15, 0.2) is 5.43 Å². The number of sulfonamides is 1. The standard InChI is InChI=1S/C30H28FN3O8S/c31-23-9-7-21(8-10-23)16-32(17-22-20-42-28-6-2-1-5-27(28)30(22)36)29(35)19-33(18-25-4-3-15-41-25)43(39,40)26-13-11-24(12-14-26)34(37)38/h1-2,5-14,20,25H,3-4,15-19H2. The van der Waals surface area contributed by atoms with Gasteiger partial charge in [0.2, 0.25) is 15.9 Å². The third kappa shape index (κ3) is 6.96. The van der Waals surface area contributed by atoms with Gasteiger partial charge in [-0.2, -0.15) is 4.31 Å². The summed E-state index contributed by atoms with van der Waals surface area (Å²) >= 11 is 0. The molecule has 13 heteroatoms. The molecule has 2 heterocycles. The quantitative estimate of drug-likeness (QED) is 0.182. The van der Waals surface area contributed by atoms with Crippen molar-refractivity contribution >= 4 is 32.6 Å². The van der Waals surface area contributed by atoms with Crippen LogP contribution in [0.15, 0.2) is 93.2 Å². The number of halogens is 1. The number of para-hydroxylation sites is 1. The van der Waals surface area contributed by atoms with Crippen molar-refractivity contribution in [3.8, 4) is 0 Å². The number of fused-ring (bicyclic) bond motifs is 1. The summed E-state index contributed by atoms with van der Waals surface area (Å²) in [6, 6.07) is 16.6. The third-order valence-corrected chi connectivity index (χ3v) is 9.01. The predicted molar refractivity (Wildman–Crippen MR) is 154 cm³/mol. The molecule has 1 amide bonds. The molecule has 4 aromatic rings. The largest absolute Gasteiger partial charge is 0.464 e. The number of amides is 1. The van der Waals surface area contributed by atoms with E-state index in [0.29, 0.717) is 29.6 Å². The zero-order valence-electron chi connectivity index (χ0n) is 22.9. The van der Waals surface area contributed by atoms with E-state index in [-0.39, 0.29) is 41.2 Å². The number of nitro benzene ring substituents is 1. The van der Waals surface area contributed by atoms with Crippen molar-refractivity contribution in [2.45, 2.75) is 36.9 Å². The van der Waals surface area contributed by atoms with Crippen molar-refractivity contribution in [2.75, 3.05) is 19.7 Å². The zero-order valence-corrected chi connectivity index (χ0v) is 23.7. The van der Waals surface area contributed by atoms with Gasteiger partial charge in [0, 0.05) is 31.8 Å². The van der Waals surface area contributed by atoms with Crippen LogP contribution in [0.1, 0.15) is 24.0 Å². The van der Waals surface area contributed by atoms with Crippen molar-refractivity contribution in [1.29, 1.82) is 0 Å². The summed E-state index contributed by atoms with van der Waals surface area (Å²) in [6.07, 6.45) is 2.16. The molecule has 1 aliphatic rings. The Balaban J connectivity index is 1.47. The molecule has 1 atom stereocenters. The van der Waals surface area contributed by atoms with Gasteiger partial charge in [-0.15, -0.1) is 0 Å². The number of non-ortho nitro benzene ring substituents is 1. The molecule has 1 aliphatic heterocycles. The maximum atomic E-state index is 13.9. The Kier molecular flexibility index (Phi) is 8.94. The highest BCUT2D eigenvalue weighted by Crippen LogP contribution is 2.23. The molecule has 5 rings (SSSR count). The van der Waals surface area contributed by atoms with Crippen molar-refractivity contribution < 1.29 is 31.7 Å². The molecule has 1 fully saturated rings. The number of nitro groups is 1. The van der Waals surface area contributed by atoms with Gasteiger partial charge in [0.25, 0.3) is 5.69 Å². The van der Waals surface area contributed by atoms with Crippen LogP contribution < -0.4 is 5.43 Å². The van der Waals surface area contributed by atoms with Crippen molar-refractivity contribution in [1.82, 2.24) is 9.21 Å². The average Bonchev–Trinajstić information content (AvgIpc) is 3.52. The van der Waals surface area contributed by atoms with Crippen LogP contribution in [-0.2, 0) is 32.6 Å². The molecule has 1 aromatic heterocycles. The van der Waals surface area contributed by atoms with Crippen LogP contribution in [0.5, 0.6) is 0 Å². The third-order valence-electron chi connectivity index (χ3n) is 7.18. The summed E-state index contributed by atoms with van der Waals surface area (Å²) in [6.45, 7) is -0.503. The number of carbonyl (C=O) groups is 1. The van der Waals surface area contributed by atoms with Crippen LogP contribution in [0, 0.1) is 15.9 Å². The molecule has 224 valence electrons. The van der Waals surface area contributed by atoms with Crippen LogP contribution in [0.25, 0.3) is 11.0 Å². The smallest absolute Gasteiger partial charge is 0.269 e. The molecular formula is C30H28FN3O8S. The Morgan fingerprint density at radius 1 is 1.02 bits per heavy atom. The zero-order chi connectivity index (χ0) is 30.6. The van der Waals surface area contributed by atoms with E-state index in [1.807, 2.05) is 0 Å². The molecular weight excluding hydrogens is 581 g/mol. The number of hydrogen-bond donors (Lipinski definition) is 0. The molecule has 0 N–H and O–H groups in total. The van der Waals surface area contributed by atoms with Crippen LogP contribution in [-0.4, -0.2) is 54.3 Å². The normalized spacial score (nSPS) is 15.2. The van der Waals surface area contributed by atoms with E-state index >= 15 is 0 Å². The molecule has 0 aliphatic carbocycles. The first kappa shape index (κ1) is 30.0. The predicted octanol–water partition coefficient (Wildman–Crippen LogP) is 4.24. The van der Waals surface area contributed by atoms with Crippen LogP contribution in [0.3, 0.4) is 0 Å². The summed E-state index contributed by atoms with van der Waals surface area (Å²) in [5.41, 5.74) is 0.500. The van der Waals surface area contributed by atoms with Gasteiger partial charge in [-0.25, -0.2) is 12.8 Å². The number of carbonyl (C=O) groups excluding carboxylic acids is 1. The van der Waals surface area contributed by atoms with Gasteiger partial charge in [-0.1, -0.05) is 24.3 Å². The Hall–Kier alpha value is -4.46. The van der Waals surface area contributed by atoms with Crippen molar-refractivity contribution in [2.24, 2.45) is 0 Å². The van der Waals surface area contributed by atoms with E-state index in [1.54, 1.807) is 24.3 Å². The highest BCUT2D eigenvalue weighted by atomic mass is 32.2.